The summed E-state index contributed by atoms with van der Waals surface area (Å²) in [5.41, 5.74) is 0. The number of hydrogen-bond acceptors (Lipinski definition) is 3. The number of hydrogen-bond donors (Lipinski definition) is 2. The number of aliphatic hydroxyl groups excluding tert-OH is 2. The van der Waals surface area contributed by atoms with Crippen LogP contribution in [0, 0.1) is 5.92 Å². The third kappa shape index (κ3) is 2.49. The van der Waals surface area contributed by atoms with E-state index in [0.717, 1.165) is 12.8 Å². The number of amides is 1. The Morgan fingerprint density at radius 1 is 1.13 bits per heavy atom. The van der Waals surface area contributed by atoms with Crippen molar-refractivity contribution in [2.24, 2.45) is 5.92 Å². The third-order valence-electron chi connectivity index (χ3n) is 3.55. The molecule has 0 radical (unpaired) electrons. The summed E-state index contributed by atoms with van der Waals surface area (Å²) in [6.45, 7) is 0.597. The van der Waals surface area contributed by atoms with Crippen LogP contribution in [0.4, 0.5) is 0 Å². The first-order chi connectivity index (χ1) is 7.16. The minimum absolute atomic E-state index is 0.0949. The number of carbonyl (C=O) groups is 1. The number of aliphatic hydroxyl groups is 2. The molecule has 1 aliphatic heterocycles. The van der Waals surface area contributed by atoms with Crippen molar-refractivity contribution in [3.8, 4) is 0 Å². The van der Waals surface area contributed by atoms with E-state index in [-0.39, 0.29) is 5.91 Å². The molecule has 0 aromatic rings. The number of rotatable bonds is 2. The molecule has 0 aromatic heterocycles. The quantitative estimate of drug-likeness (QED) is 0.685. The minimum atomic E-state index is -0.752. The van der Waals surface area contributed by atoms with Gasteiger partial charge in [0.25, 0.3) is 0 Å². The third-order valence-corrected chi connectivity index (χ3v) is 3.55. The summed E-state index contributed by atoms with van der Waals surface area (Å²) in [4.78, 5) is 13.4. The van der Waals surface area contributed by atoms with E-state index in [0.29, 0.717) is 25.4 Å². The van der Waals surface area contributed by atoms with E-state index in [1.807, 2.05) is 0 Å². The van der Waals surface area contributed by atoms with Gasteiger partial charge in [-0.25, -0.2) is 0 Å². The molecule has 1 heterocycles. The molecule has 2 atom stereocenters. The molecule has 15 heavy (non-hydrogen) atoms. The lowest BCUT2D eigenvalue weighted by Crippen LogP contribution is -2.30. The van der Waals surface area contributed by atoms with Crippen molar-refractivity contribution in [3.05, 3.63) is 0 Å². The molecule has 2 N–H and O–H groups in total. The van der Waals surface area contributed by atoms with Crippen molar-refractivity contribution in [2.45, 2.75) is 44.3 Å². The predicted molar refractivity (Wildman–Crippen MR) is 55.2 cm³/mol. The highest BCUT2D eigenvalue weighted by Gasteiger charge is 2.33. The second-order valence-corrected chi connectivity index (χ2v) is 4.79. The van der Waals surface area contributed by atoms with Crippen LogP contribution in [-0.4, -0.2) is 46.3 Å². The maximum Gasteiger partial charge on any atom is 0.223 e. The summed E-state index contributed by atoms with van der Waals surface area (Å²) in [6.07, 6.45) is 3.89. The van der Waals surface area contributed by atoms with Gasteiger partial charge in [0.1, 0.15) is 0 Å². The summed E-state index contributed by atoms with van der Waals surface area (Å²) in [6, 6.07) is 0. The molecule has 1 amide bonds. The van der Waals surface area contributed by atoms with Gasteiger partial charge in [-0.05, 0) is 18.8 Å². The Balaban J connectivity index is 1.81. The minimum Gasteiger partial charge on any atom is -0.388 e. The first kappa shape index (κ1) is 10.9. The van der Waals surface area contributed by atoms with Crippen LogP contribution in [0.1, 0.15) is 32.1 Å². The Morgan fingerprint density at radius 2 is 1.67 bits per heavy atom. The van der Waals surface area contributed by atoms with Crippen LogP contribution in [0.25, 0.3) is 0 Å². The fourth-order valence-corrected chi connectivity index (χ4v) is 2.56. The van der Waals surface area contributed by atoms with Crippen LogP contribution in [0.3, 0.4) is 0 Å². The average Bonchev–Trinajstić information content (AvgIpc) is 2.78. The Hall–Kier alpha value is -0.610. The highest BCUT2D eigenvalue weighted by molar-refractivity contribution is 5.76. The summed E-state index contributed by atoms with van der Waals surface area (Å²) in [5.74, 6) is 0.630. The second kappa shape index (κ2) is 4.49. The van der Waals surface area contributed by atoms with Gasteiger partial charge in [-0.2, -0.15) is 0 Å². The van der Waals surface area contributed by atoms with E-state index in [1.54, 1.807) is 4.90 Å². The van der Waals surface area contributed by atoms with Gasteiger partial charge < -0.3 is 15.1 Å². The summed E-state index contributed by atoms with van der Waals surface area (Å²) < 4.78 is 0. The smallest absolute Gasteiger partial charge is 0.223 e. The molecule has 86 valence electrons. The number of carbonyl (C=O) groups excluding carboxylic acids is 1. The van der Waals surface area contributed by atoms with E-state index in [1.165, 1.54) is 12.8 Å². The molecule has 0 aromatic carbocycles. The van der Waals surface area contributed by atoms with Crippen molar-refractivity contribution in [1.29, 1.82) is 0 Å². The molecule has 1 saturated heterocycles. The van der Waals surface area contributed by atoms with E-state index < -0.39 is 12.2 Å². The zero-order valence-corrected chi connectivity index (χ0v) is 8.93. The van der Waals surface area contributed by atoms with Crippen molar-refractivity contribution in [3.63, 3.8) is 0 Å². The molecule has 0 bridgehead atoms. The number of β-amino-alcohol motifs (C(OH)–C–C–N with tert-alkyl or cyclic N) is 2. The Bertz CT molecular complexity index is 228. The lowest BCUT2D eigenvalue weighted by molar-refractivity contribution is -0.131. The van der Waals surface area contributed by atoms with Crippen LogP contribution in [-0.2, 0) is 4.79 Å². The molecule has 0 spiro atoms. The fourth-order valence-electron chi connectivity index (χ4n) is 2.56. The summed E-state index contributed by atoms with van der Waals surface area (Å²) in [5, 5.41) is 18.7. The Morgan fingerprint density at radius 3 is 2.20 bits per heavy atom. The van der Waals surface area contributed by atoms with Crippen LogP contribution in [0.2, 0.25) is 0 Å². The molecular formula is C11H19NO3. The summed E-state index contributed by atoms with van der Waals surface area (Å²) >= 11 is 0. The van der Waals surface area contributed by atoms with Crippen molar-refractivity contribution in [1.82, 2.24) is 4.90 Å². The lowest BCUT2D eigenvalue weighted by atomic mass is 10.0. The van der Waals surface area contributed by atoms with Gasteiger partial charge in [-0.15, -0.1) is 0 Å². The first-order valence-electron chi connectivity index (χ1n) is 5.80. The SMILES string of the molecule is O=C(CC1CCCC1)N1C[C@@H](O)[C@@H](O)C1. The van der Waals surface area contributed by atoms with Gasteiger partial charge in [-0.1, -0.05) is 12.8 Å². The molecule has 2 rings (SSSR count). The van der Waals surface area contributed by atoms with Crippen LogP contribution in [0.15, 0.2) is 0 Å². The zero-order valence-electron chi connectivity index (χ0n) is 8.93. The number of likely N-dealkylation sites (tertiary alicyclic amines) is 1. The van der Waals surface area contributed by atoms with Crippen LogP contribution < -0.4 is 0 Å². The number of nitrogens with zero attached hydrogens (tertiary/aromatic N) is 1. The van der Waals surface area contributed by atoms with Gasteiger partial charge in [0.2, 0.25) is 5.91 Å². The fraction of sp³-hybridized carbons (Fsp3) is 0.909. The zero-order chi connectivity index (χ0) is 10.8. The normalized spacial score (nSPS) is 32.5. The molecule has 4 heteroatoms. The van der Waals surface area contributed by atoms with Gasteiger partial charge >= 0.3 is 0 Å². The van der Waals surface area contributed by atoms with Crippen molar-refractivity contribution < 1.29 is 15.0 Å². The predicted octanol–water partition coefficient (Wildman–Crippen LogP) is 0.131. The molecule has 1 saturated carbocycles. The van der Waals surface area contributed by atoms with Crippen molar-refractivity contribution in [2.75, 3.05) is 13.1 Å². The Kier molecular flexibility index (Phi) is 3.26. The van der Waals surface area contributed by atoms with Gasteiger partial charge in [0.05, 0.1) is 12.2 Å². The molecule has 0 unspecified atom stereocenters. The van der Waals surface area contributed by atoms with Gasteiger partial charge in [0, 0.05) is 19.5 Å². The van der Waals surface area contributed by atoms with E-state index in [9.17, 15) is 15.0 Å². The van der Waals surface area contributed by atoms with Crippen molar-refractivity contribution >= 4 is 5.91 Å². The highest BCUT2D eigenvalue weighted by atomic mass is 16.3. The highest BCUT2D eigenvalue weighted by Crippen LogP contribution is 2.28. The molecule has 2 aliphatic rings. The maximum atomic E-state index is 11.8. The monoisotopic (exact) mass is 213 g/mol. The van der Waals surface area contributed by atoms with Crippen LogP contribution in [0.5, 0.6) is 0 Å². The van der Waals surface area contributed by atoms with Gasteiger partial charge in [0.15, 0.2) is 0 Å². The standard InChI is InChI=1S/C11H19NO3/c13-9-6-12(7-10(9)14)11(15)5-8-3-1-2-4-8/h8-10,13-14H,1-7H2/t9-,10+. The van der Waals surface area contributed by atoms with Crippen LogP contribution >= 0.6 is 0 Å². The lowest BCUT2D eigenvalue weighted by Gasteiger charge is -2.17. The largest absolute Gasteiger partial charge is 0.388 e. The van der Waals surface area contributed by atoms with Gasteiger partial charge in [-0.3, -0.25) is 4.79 Å². The topological polar surface area (TPSA) is 60.8 Å². The average molecular weight is 213 g/mol. The second-order valence-electron chi connectivity index (χ2n) is 4.79. The summed E-state index contributed by atoms with van der Waals surface area (Å²) in [7, 11) is 0. The van der Waals surface area contributed by atoms with E-state index in [4.69, 9.17) is 0 Å². The molecular weight excluding hydrogens is 194 g/mol. The molecule has 4 nitrogen and oxygen atoms in total. The van der Waals surface area contributed by atoms with E-state index >= 15 is 0 Å². The van der Waals surface area contributed by atoms with E-state index in [2.05, 4.69) is 0 Å². The first-order valence-corrected chi connectivity index (χ1v) is 5.80. The Labute approximate surface area is 89.9 Å². The molecule has 2 fully saturated rings. The maximum absolute atomic E-state index is 11.8. The molecule has 1 aliphatic carbocycles.